The highest BCUT2D eigenvalue weighted by Crippen LogP contribution is 2.25. The van der Waals surface area contributed by atoms with Gasteiger partial charge in [-0.25, -0.2) is 0 Å². The van der Waals surface area contributed by atoms with Gasteiger partial charge in [-0.05, 0) is 49.2 Å². The molecule has 0 fully saturated rings. The number of hydrogen-bond donors (Lipinski definition) is 1. The summed E-state index contributed by atoms with van der Waals surface area (Å²) in [6, 6.07) is 15.1. The van der Waals surface area contributed by atoms with Crippen LogP contribution in [0.1, 0.15) is 47.2 Å². The van der Waals surface area contributed by atoms with Crippen LogP contribution in [-0.2, 0) is 12.2 Å². The lowest BCUT2D eigenvalue weighted by molar-refractivity contribution is 0.0950. The van der Waals surface area contributed by atoms with E-state index < -0.39 is 0 Å². The van der Waals surface area contributed by atoms with E-state index in [2.05, 4.69) is 25.6 Å². The molecule has 182 valence electrons. The van der Waals surface area contributed by atoms with Crippen LogP contribution >= 0.6 is 11.8 Å². The van der Waals surface area contributed by atoms with Crippen LogP contribution in [0.3, 0.4) is 0 Å². The van der Waals surface area contributed by atoms with Crippen LogP contribution in [-0.4, -0.2) is 39.8 Å². The molecule has 0 radical (unpaired) electrons. The van der Waals surface area contributed by atoms with Crippen LogP contribution in [0.15, 0.2) is 62.5 Å². The first-order valence-electron chi connectivity index (χ1n) is 11.4. The van der Waals surface area contributed by atoms with Gasteiger partial charge in [0.05, 0.1) is 18.4 Å². The lowest BCUT2D eigenvalue weighted by atomic mass is 10.1. The van der Waals surface area contributed by atoms with Gasteiger partial charge in [0.1, 0.15) is 5.75 Å². The highest BCUT2D eigenvalue weighted by Gasteiger charge is 2.13. The predicted molar refractivity (Wildman–Crippen MR) is 131 cm³/mol. The summed E-state index contributed by atoms with van der Waals surface area (Å²) in [6.07, 6.45) is 3.40. The van der Waals surface area contributed by atoms with E-state index in [1.807, 2.05) is 48.5 Å². The molecule has 2 aromatic heterocycles. The van der Waals surface area contributed by atoms with E-state index in [4.69, 9.17) is 13.8 Å². The van der Waals surface area contributed by atoms with Gasteiger partial charge in [0.2, 0.25) is 17.6 Å². The fraction of sp³-hybridized carbons (Fsp3) is 0.320. The van der Waals surface area contributed by atoms with Crippen LogP contribution in [0, 0.1) is 6.92 Å². The molecule has 0 saturated carbocycles. The summed E-state index contributed by atoms with van der Waals surface area (Å²) in [5.41, 5.74) is 1.53. The molecule has 0 saturated heterocycles. The summed E-state index contributed by atoms with van der Waals surface area (Å²) in [5.74, 6) is 3.56. The van der Waals surface area contributed by atoms with E-state index in [0.29, 0.717) is 47.7 Å². The number of carbonyl (C=O) groups is 1. The number of nitrogens with zero attached hydrogens (tertiary/aromatic N) is 4. The molecule has 1 N–H and O–H groups in total. The molecular formula is C25H27N5O4S. The van der Waals surface area contributed by atoms with Crippen molar-refractivity contribution >= 4 is 17.7 Å². The van der Waals surface area contributed by atoms with Gasteiger partial charge in [-0.2, -0.15) is 9.97 Å². The smallest absolute Gasteiger partial charge is 0.252 e. The quantitative estimate of drug-likeness (QED) is 0.218. The summed E-state index contributed by atoms with van der Waals surface area (Å²) in [5, 5.41) is 11.0. The Bertz CT molecular complexity index is 1240. The largest absolute Gasteiger partial charge is 0.497 e. The number of methoxy groups -OCH3 is 1. The summed E-state index contributed by atoms with van der Waals surface area (Å²) < 4.78 is 15.5. The maximum atomic E-state index is 12.7. The molecule has 4 rings (SSSR count). The molecule has 0 unspecified atom stereocenters. The molecule has 0 aliphatic heterocycles. The minimum atomic E-state index is -0.0848. The summed E-state index contributed by atoms with van der Waals surface area (Å²) >= 11 is 1.51. The number of unbranched alkanes of at least 4 members (excludes halogenated alkanes) is 2. The van der Waals surface area contributed by atoms with Crippen molar-refractivity contribution < 1.29 is 18.6 Å². The average Bonchev–Trinajstić information content (AvgIpc) is 3.54. The molecule has 9 nitrogen and oxygen atoms in total. The number of ether oxygens (including phenoxy) is 1. The molecule has 2 aromatic carbocycles. The lowest BCUT2D eigenvalue weighted by Gasteiger charge is -2.09. The third kappa shape index (κ3) is 6.92. The van der Waals surface area contributed by atoms with Crippen molar-refractivity contribution in [2.75, 3.05) is 13.7 Å². The Morgan fingerprint density at radius 1 is 1.00 bits per heavy atom. The van der Waals surface area contributed by atoms with Crippen molar-refractivity contribution in [3.05, 3.63) is 71.7 Å². The minimum absolute atomic E-state index is 0.0848. The Balaban J connectivity index is 1.17. The van der Waals surface area contributed by atoms with Gasteiger partial charge in [0.25, 0.3) is 5.91 Å². The predicted octanol–water partition coefficient (Wildman–Crippen LogP) is 4.87. The second kappa shape index (κ2) is 12.2. The van der Waals surface area contributed by atoms with Crippen molar-refractivity contribution in [1.82, 2.24) is 25.6 Å². The van der Waals surface area contributed by atoms with Gasteiger partial charge in [0.15, 0.2) is 5.82 Å². The fourth-order valence-electron chi connectivity index (χ4n) is 3.41. The fourth-order valence-corrected chi connectivity index (χ4v) is 4.30. The van der Waals surface area contributed by atoms with Crippen molar-refractivity contribution in [2.45, 2.75) is 43.3 Å². The number of benzene rings is 2. The highest BCUT2D eigenvalue weighted by molar-refractivity contribution is 7.98. The van der Waals surface area contributed by atoms with Crippen LogP contribution in [0.4, 0.5) is 0 Å². The van der Waals surface area contributed by atoms with E-state index in [-0.39, 0.29) is 5.91 Å². The van der Waals surface area contributed by atoms with Gasteiger partial charge in [0, 0.05) is 30.3 Å². The number of aryl methyl sites for hydroxylation is 2. The monoisotopic (exact) mass is 493 g/mol. The highest BCUT2D eigenvalue weighted by atomic mass is 32.2. The standard InChI is InChI=1S/C25H27N5O4S/c1-17-27-22(29-33-17)16-35-21-9-6-5-8-20(21)25(31)26-15-7-3-4-10-23-28-24(30-34-23)18-11-13-19(32-2)14-12-18/h5-6,8-9,11-14H,3-4,7,10,15-16H2,1-2H3,(H,26,31). The molecule has 1 amide bonds. The topological polar surface area (TPSA) is 116 Å². The van der Waals surface area contributed by atoms with Gasteiger partial charge < -0.3 is 19.1 Å². The maximum Gasteiger partial charge on any atom is 0.252 e. The van der Waals surface area contributed by atoms with Crippen molar-refractivity contribution in [2.24, 2.45) is 0 Å². The molecule has 0 aliphatic carbocycles. The first-order valence-corrected chi connectivity index (χ1v) is 12.4. The maximum absolute atomic E-state index is 12.7. The minimum Gasteiger partial charge on any atom is -0.497 e. The number of amides is 1. The van der Waals surface area contributed by atoms with Gasteiger partial charge in [-0.1, -0.05) is 28.9 Å². The van der Waals surface area contributed by atoms with Crippen LogP contribution in [0.2, 0.25) is 0 Å². The van der Waals surface area contributed by atoms with Gasteiger partial charge in [-0.15, -0.1) is 11.8 Å². The molecular weight excluding hydrogens is 466 g/mol. The number of hydrogen-bond acceptors (Lipinski definition) is 9. The van der Waals surface area contributed by atoms with Gasteiger partial charge >= 0.3 is 0 Å². The molecule has 0 atom stereocenters. The average molecular weight is 494 g/mol. The number of nitrogens with one attached hydrogen (secondary N) is 1. The van der Waals surface area contributed by atoms with E-state index in [0.717, 1.165) is 35.5 Å². The number of thioether (sulfide) groups is 1. The van der Waals surface area contributed by atoms with E-state index in [9.17, 15) is 4.79 Å². The van der Waals surface area contributed by atoms with Gasteiger partial charge in [-0.3, -0.25) is 4.79 Å². The second-order valence-corrected chi connectivity index (χ2v) is 8.84. The Hall–Kier alpha value is -3.66. The number of aromatic nitrogens is 4. The van der Waals surface area contributed by atoms with E-state index in [1.54, 1.807) is 14.0 Å². The summed E-state index contributed by atoms with van der Waals surface area (Å²) in [4.78, 5) is 22.3. The third-order valence-corrected chi connectivity index (χ3v) is 6.30. The molecule has 10 heteroatoms. The Morgan fingerprint density at radius 3 is 2.60 bits per heavy atom. The lowest BCUT2D eigenvalue weighted by Crippen LogP contribution is -2.25. The molecule has 0 aliphatic rings. The Kier molecular flexibility index (Phi) is 8.50. The normalized spacial score (nSPS) is 10.9. The molecule has 2 heterocycles. The number of rotatable bonds is 12. The van der Waals surface area contributed by atoms with Crippen LogP contribution in [0.25, 0.3) is 11.4 Å². The van der Waals surface area contributed by atoms with E-state index in [1.165, 1.54) is 11.8 Å². The first-order chi connectivity index (χ1) is 17.1. The summed E-state index contributed by atoms with van der Waals surface area (Å²) in [6.45, 7) is 2.35. The Morgan fingerprint density at radius 2 is 1.83 bits per heavy atom. The molecule has 0 spiro atoms. The van der Waals surface area contributed by atoms with E-state index >= 15 is 0 Å². The SMILES string of the molecule is COc1ccc(-c2noc(CCCCCNC(=O)c3ccccc3SCc3noc(C)n3)n2)cc1. The zero-order valence-electron chi connectivity index (χ0n) is 19.7. The van der Waals surface area contributed by atoms with Crippen molar-refractivity contribution in [3.8, 4) is 17.1 Å². The zero-order chi connectivity index (χ0) is 24.5. The van der Waals surface area contributed by atoms with Crippen LogP contribution in [0.5, 0.6) is 5.75 Å². The van der Waals surface area contributed by atoms with Crippen molar-refractivity contribution in [3.63, 3.8) is 0 Å². The van der Waals surface area contributed by atoms with Crippen LogP contribution < -0.4 is 10.1 Å². The first kappa shape index (κ1) is 24.5. The Labute approximate surface area is 207 Å². The molecule has 4 aromatic rings. The summed E-state index contributed by atoms with van der Waals surface area (Å²) in [7, 11) is 1.63. The number of carbonyl (C=O) groups excluding carboxylic acids is 1. The second-order valence-electron chi connectivity index (χ2n) is 7.82. The van der Waals surface area contributed by atoms with Crippen molar-refractivity contribution in [1.29, 1.82) is 0 Å². The molecule has 35 heavy (non-hydrogen) atoms. The third-order valence-electron chi connectivity index (χ3n) is 5.23. The zero-order valence-corrected chi connectivity index (χ0v) is 20.5. The molecule has 0 bridgehead atoms.